The fourth-order valence-corrected chi connectivity index (χ4v) is 0.207. The summed E-state index contributed by atoms with van der Waals surface area (Å²) in [5.74, 6) is 2.20. The Bertz CT molecular complexity index is 58.3. The van der Waals surface area contributed by atoms with Gasteiger partial charge in [0.05, 0.1) is 6.54 Å². The van der Waals surface area contributed by atoms with E-state index in [-0.39, 0.29) is 18.9 Å². The Balaban J connectivity index is 2.54. The molecule has 0 aliphatic rings. The number of rotatable bonds is 2. The van der Waals surface area contributed by atoms with Gasteiger partial charge in [0.25, 0.3) is 0 Å². The summed E-state index contributed by atoms with van der Waals surface area (Å²) in [6.45, 7) is 0.279. The molecule has 0 aliphatic heterocycles. The van der Waals surface area contributed by atoms with Gasteiger partial charge in [-0.2, -0.15) is 0 Å². The molecule has 0 unspecified atom stereocenters. The topological polar surface area (TPSA) is 12.0 Å². The predicted octanol–water partition coefficient (Wildman–Crippen LogP) is 0.742. The van der Waals surface area contributed by atoms with Crippen molar-refractivity contribution in [2.45, 2.75) is 0 Å². The maximum absolute atomic E-state index is 10.9. The molecule has 6 heavy (non-hydrogen) atoms. The van der Waals surface area contributed by atoms with Crippen LogP contribution in [0.25, 0.3) is 0 Å². The second kappa shape index (κ2) is 4.80. The smallest absolute Gasteiger partial charge is 0.132 e. The van der Waals surface area contributed by atoms with Gasteiger partial charge < -0.3 is 0 Å². The van der Waals surface area contributed by atoms with E-state index in [9.17, 15) is 3.89 Å². The second-order valence-corrected chi connectivity index (χ2v) is 1.05. The average molecular weight is 105 g/mol. The third-order valence-corrected chi connectivity index (χ3v) is 0.482. The van der Waals surface area contributed by atoms with Crippen LogP contribution in [0.5, 0.6) is 0 Å². The normalized spacial score (nSPS) is 7.33. The molecule has 0 aromatic rings. The largest absolute Gasteiger partial charge is 0.224 e. The van der Waals surface area contributed by atoms with Gasteiger partial charge >= 0.3 is 0 Å². The molecule has 34 valence electrons. The van der Waals surface area contributed by atoms with E-state index in [1.165, 1.54) is 0 Å². The molecule has 0 saturated heterocycles. The van der Waals surface area contributed by atoms with Crippen molar-refractivity contribution in [2.75, 3.05) is 6.54 Å². The molecule has 0 aromatic carbocycles. The van der Waals surface area contributed by atoms with Crippen LogP contribution in [0, 0.1) is 12.3 Å². The first-order valence-electron chi connectivity index (χ1n) is 1.35. The predicted molar refractivity (Wildman–Crippen MR) is 25.5 cm³/mol. The van der Waals surface area contributed by atoms with Crippen LogP contribution in [0.3, 0.4) is 0 Å². The number of halogens is 1. The third kappa shape index (κ3) is 3.80. The van der Waals surface area contributed by atoms with E-state index < -0.39 is 0 Å². The highest BCUT2D eigenvalue weighted by molar-refractivity contribution is 7.92. The van der Waals surface area contributed by atoms with Gasteiger partial charge in [0.1, 0.15) is 12.3 Å². The maximum atomic E-state index is 10.9. The third-order valence-electron chi connectivity index (χ3n) is 0.229. The van der Waals surface area contributed by atoms with Gasteiger partial charge in [-0.25, -0.2) is 4.72 Å². The lowest BCUT2D eigenvalue weighted by Gasteiger charge is -1.80. The van der Waals surface area contributed by atoms with Crippen molar-refractivity contribution in [3.8, 4) is 12.3 Å². The second-order valence-electron chi connectivity index (χ2n) is 0.602. The van der Waals surface area contributed by atoms with Gasteiger partial charge in [-0.05, 0) is 0 Å². The quantitative estimate of drug-likeness (QED) is 0.316. The summed E-state index contributed by atoms with van der Waals surface area (Å²) in [5, 5.41) is 0. The van der Waals surface area contributed by atoms with Crippen LogP contribution in [0.1, 0.15) is 0 Å². The fraction of sp³-hybridized carbons (Fsp3) is 0.333. The van der Waals surface area contributed by atoms with E-state index in [2.05, 4.69) is 10.6 Å². The summed E-state index contributed by atoms with van der Waals surface area (Å²) in [4.78, 5) is 0. The number of hydrogen-bond donors (Lipinski definition) is 1. The monoisotopic (exact) mass is 105 g/mol. The summed E-state index contributed by atoms with van der Waals surface area (Å²) in [5.41, 5.74) is 0. The number of terminal acetylenes is 1. The molecule has 0 heterocycles. The highest BCUT2D eigenvalue weighted by Crippen LogP contribution is 1.87. The maximum Gasteiger partial charge on any atom is 0.132 e. The minimum absolute atomic E-state index is 0.0337. The van der Waals surface area contributed by atoms with Gasteiger partial charge in [0, 0.05) is 0 Å². The van der Waals surface area contributed by atoms with Crippen LogP contribution >= 0.6 is 12.3 Å². The van der Waals surface area contributed by atoms with Crippen LogP contribution < -0.4 is 4.72 Å². The van der Waals surface area contributed by atoms with Crippen LogP contribution in [0.4, 0.5) is 3.89 Å². The first-order valence-corrected chi connectivity index (χ1v) is 2.07. The van der Waals surface area contributed by atoms with Gasteiger partial charge in [-0.15, -0.1) is 10.3 Å². The Morgan fingerprint density at radius 1 is 2.00 bits per heavy atom. The SMILES string of the molecule is C#CCNSF. The van der Waals surface area contributed by atoms with Crippen LogP contribution in [-0.4, -0.2) is 6.54 Å². The van der Waals surface area contributed by atoms with Crippen molar-refractivity contribution >= 4 is 12.3 Å². The molecule has 3 heteroatoms. The molecule has 0 fully saturated rings. The fourth-order valence-electron chi connectivity index (χ4n) is 0.0689. The van der Waals surface area contributed by atoms with E-state index >= 15 is 0 Å². The molecular weight excluding hydrogens is 101 g/mol. The summed E-state index contributed by atoms with van der Waals surface area (Å²) in [6.07, 6.45) is 4.72. The minimum atomic E-state index is 0.0337. The highest BCUT2D eigenvalue weighted by atomic mass is 32.2. The van der Waals surface area contributed by atoms with E-state index in [0.717, 1.165) is 0 Å². The van der Waals surface area contributed by atoms with Crippen LogP contribution in [0.15, 0.2) is 0 Å². The highest BCUT2D eigenvalue weighted by Gasteiger charge is 1.71. The Kier molecular flexibility index (Phi) is 4.64. The zero-order chi connectivity index (χ0) is 4.83. The van der Waals surface area contributed by atoms with Crippen molar-refractivity contribution in [2.24, 2.45) is 0 Å². The van der Waals surface area contributed by atoms with Crippen molar-refractivity contribution < 1.29 is 3.89 Å². The minimum Gasteiger partial charge on any atom is -0.224 e. The Morgan fingerprint density at radius 3 is 2.83 bits per heavy atom. The summed E-state index contributed by atoms with van der Waals surface area (Å²) in [7, 11) is 0. The van der Waals surface area contributed by atoms with Crippen LogP contribution in [-0.2, 0) is 0 Å². The molecule has 0 amide bonds. The number of nitrogens with one attached hydrogen (secondary N) is 1. The molecule has 1 N–H and O–H groups in total. The lowest BCUT2D eigenvalue weighted by Crippen LogP contribution is -1.98. The first kappa shape index (κ1) is 5.80. The lowest BCUT2D eigenvalue weighted by molar-refractivity contribution is 0.909. The van der Waals surface area contributed by atoms with E-state index in [1.54, 1.807) is 0 Å². The van der Waals surface area contributed by atoms with E-state index in [1.807, 2.05) is 0 Å². The van der Waals surface area contributed by atoms with Crippen LogP contribution in [0.2, 0.25) is 0 Å². The molecule has 0 saturated carbocycles. The molecule has 0 atom stereocenters. The van der Waals surface area contributed by atoms with Crippen molar-refractivity contribution in [3.63, 3.8) is 0 Å². The summed E-state index contributed by atoms with van der Waals surface area (Å²) < 4.78 is 13.1. The Hall–Kier alpha value is -0.200. The molecule has 0 radical (unpaired) electrons. The average Bonchev–Trinajstić information content (AvgIpc) is 1.61. The molecule has 0 aromatic heterocycles. The first-order chi connectivity index (χ1) is 2.91. The Labute approximate surface area is 40.7 Å². The summed E-state index contributed by atoms with van der Waals surface area (Å²) >= 11 is 0.0337. The van der Waals surface area contributed by atoms with Gasteiger partial charge in [-0.1, -0.05) is 5.92 Å². The van der Waals surface area contributed by atoms with Crippen molar-refractivity contribution in [1.82, 2.24) is 4.72 Å². The molecule has 0 bridgehead atoms. The molecule has 0 spiro atoms. The van der Waals surface area contributed by atoms with Crippen molar-refractivity contribution in [3.05, 3.63) is 0 Å². The molecule has 0 aliphatic carbocycles. The zero-order valence-electron chi connectivity index (χ0n) is 3.07. The van der Waals surface area contributed by atoms with Crippen molar-refractivity contribution in [1.29, 1.82) is 0 Å². The number of hydrogen-bond acceptors (Lipinski definition) is 2. The molecule has 0 rings (SSSR count). The summed E-state index contributed by atoms with van der Waals surface area (Å²) in [6, 6.07) is 0. The van der Waals surface area contributed by atoms with E-state index in [4.69, 9.17) is 6.42 Å². The van der Waals surface area contributed by atoms with Gasteiger partial charge in [-0.3, -0.25) is 0 Å². The molecule has 1 nitrogen and oxygen atoms in total. The zero-order valence-corrected chi connectivity index (χ0v) is 3.89. The molecular formula is C3H4FNS. The van der Waals surface area contributed by atoms with Gasteiger partial charge in [0.15, 0.2) is 0 Å². The van der Waals surface area contributed by atoms with E-state index in [0.29, 0.717) is 0 Å². The lowest BCUT2D eigenvalue weighted by atomic mass is 10.7. The Morgan fingerprint density at radius 2 is 2.67 bits per heavy atom. The standard InChI is InChI=1S/C3H4FNS/c1-2-3-5-6-4/h1,5H,3H2. The van der Waals surface area contributed by atoms with Gasteiger partial charge in [0.2, 0.25) is 0 Å².